The van der Waals surface area contributed by atoms with Crippen LogP contribution in [0.3, 0.4) is 0 Å². The van der Waals surface area contributed by atoms with Crippen molar-refractivity contribution in [3.8, 4) is 0 Å². The molecule has 0 fully saturated rings. The number of carbonyl (C=O) groups excluding carboxylic acids is 1. The molecule has 5 nitrogen and oxygen atoms in total. The van der Waals surface area contributed by atoms with Gasteiger partial charge in [0, 0.05) is 22.4 Å². The zero-order chi connectivity index (χ0) is 21.0. The van der Waals surface area contributed by atoms with Crippen molar-refractivity contribution in [2.45, 2.75) is 6.18 Å². The van der Waals surface area contributed by atoms with Crippen LogP contribution in [0, 0.1) is 0 Å². The summed E-state index contributed by atoms with van der Waals surface area (Å²) in [6.45, 7) is 0. The van der Waals surface area contributed by atoms with E-state index >= 15 is 0 Å². The van der Waals surface area contributed by atoms with E-state index in [0.29, 0.717) is 22.8 Å². The Balaban J connectivity index is 1.58. The Hall–Kier alpha value is -2.69. The molecule has 0 saturated heterocycles. The summed E-state index contributed by atoms with van der Waals surface area (Å²) in [6.07, 6.45) is -4.52. The molecule has 0 aliphatic heterocycles. The van der Waals surface area contributed by atoms with Crippen molar-refractivity contribution in [1.29, 1.82) is 0 Å². The summed E-state index contributed by atoms with van der Waals surface area (Å²) in [5.74, 6) is -0.316. The Morgan fingerprint density at radius 2 is 1.59 bits per heavy atom. The van der Waals surface area contributed by atoms with Gasteiger partial charge in [-0.15, -0.1) is 11.3 Å². The number of benzene rings is 2. The van der Waals surface area contributed by atoms with E-state index in [4.69, 9.17) is 23.8 Å². The average Bonchev–Trinajstić information content (AvgIpc) is 3.17. The molecule has 3 rings (SSSR count). The first kappa shape index (κ1) is 21.0. The number of halogens is 4. The van der Waals surface area contributed by atoms with E-state index in [-0.39, 0.29) is 11.0 Å². The summed E-state index contributed by atoms with van der Waals surface area (Å²) < 4.78 is 38.2. The minimum atomic E-state index is -4.52. The highest BCUT2D eigenvalue weighted by Gasteiger charge is 2.33. The summed E-state index contributed by atoms with van der Waals surface area (Å²) in [7, 11) is 0. The van der Waals surface area contributed by atoms with E-state index in [9.17, 15) is 18.0 Å². The largest absolute Gasteiger partial charge is 0.417 e. The highest BCUT2D eigenvalue weighted by atomic mass is 35.5. The second kappa shape index (κ2) is 8.76. The second-order valence-corrected chi connectivity index (χ2v) is 7.21. The number of nitrogens with one attached hydrogen (secondary N) is 3. The molecule has 3 aromatic rings. The summed E-state index contributed by atoms with van der Waals surface area (Å²) in [4.78, 5) is 15.9. The molecule has 1 amide bonds. The molecule has 0 bridgehead atoms. The quantitative estimate of drug-likeness (QED) is 0.428. The molecule has 0 unspecified atom stereocenters. The summed E-state index contributed by atoms with van der Waals surface area (Å²) in [5, 5.41) is 9.76. The molecule has 11 heteroatoms. The van der Waals surface area contributed by atoms with Crippen LogP contribution in [-0.4, -0.2) is 16.0 Å². The molecule has 3 N–H and O–H groups in total. The lowest BCUT2D eigenvalue weighted by Crippen LogP contribution is -2.19. The van der Waals surface area contributed by atoms with Gasteiger partial charge in [-0.05, 0) is 54.7 Å². The van der Waals surface area contributed by atoms with Crippen molar-refractivity contribution >= 4 is 63.2 Å². The fourth-order valence-electron chi connectivity index (χ4n) is 2.27. The van der Waals surface area contributed by atoms with E-state index in [1.165, 1.54) is 17.4 Å². The molecule has 1 heterocycles. The van der Waals surface area contributed by atoms with Gasteiger partial charge < -0.3 is 16.0 Å². The zero-order valence-electron chi connectivity index (χ0n) is 14.4. The molecule has 0 spiro atoms. The van der Waals surface area contributed by atoms with E-state index in [0.717, 1.165) is 12.1 Å². The topological polar surface area (TPSA) is 66.1 Å². The third-order valence-corrected chi connectivity index (χ3v) is 4.70. The standard InChI is InChI=1S/C18H12ClF3N4OS2/c19-14-7-12(5-6-13(14)18(20,21)22)26-17(28)25-11-3-1-10(2-4-11)24-16(27)15-8-29-9-23-15/h1-9H,(H,24,27)(H2,25,26,28). The number of rotatable bonds is 4. The van der Waals surface area contributed by atoms with Gasteiger partial charge in [-0.2, -0.15) is 13.2 Å². The Morgan fingerprint density at radius 3 is 2.14 bits per heavy atom. The van der Waals surface area contributed by atoms with E-state index in [2.05, 4.69) is 20.9 Å². The fourth-order valence-corrected chi connectivity index (χ4v) is 3.33. The number of amides is 1. The number of hydrogen-bond acceptors (Lipinski definition) is 4. The minimum Gasteiger partial charge on any atom is -0.332 e. The number of hydrogen-bond donors (Lipinski definition) is 3. The molecule has 0 radical (unpaired) electrons. The van der Waals surface area contributed by atoms with Gasteiger partial charge in [0.1, 0.15) is 5.69 Å². The van der Waals surface area contributed by atoms with Crippen LogP contribution in [-0.2, 0) is 6.18 Å². The summed E-state index contributed by atoms with van der Waals surface area (Å²) in [6, 6.07) is 9.98. The van der Waals surface area contributed by atoms with Gasteiger partial charge in [-0.25, -0.2) is 4.98 Å². The molecule has 1 aromatic heterocycles. The Kier molecular flexibility index (Phi) is 6.36. The molecule has 0 atom stereocenters. The van der Waals surface area contributed by atoms with Gasteiger partial charge >= 0.3 is 6.18 Å². The number of aromatic nitrogens is 1. The van der Waals surface area contributed by atoms with Crippen LogP contribution < -0.4 is 16.0 Å². The fraction of sp³-hybridized carbons (Fsp3) is 0.0556. The van der Waals surface area contributed by atoms with Gasteiger partial charge in [0.2, 0.25) is 0 Å². The molecule has 0 aliphatic rings. The van der Waals surface area contributed by atoms with Crippen molar-refractivity contribution < 1.29 is 18.0 Å². The van der Waals surface area contributed by atoms with Gasteiger partial charge in [0.05, 0.1) is 16.1 Å². The van der Waals surface area contributed by atoms with Crippen molar-refractivity contribution in [3.05, 3.63) is 69.6 Å². The molecule has 0 aliphatic carbocycles. The number of carbonyl (C=O) groups is 1. The number of thiazole rings is 1. The van der Waals surface area contributed by atoms with E-state index in [1.54, 1.807) is 35.2 Å². The summed E-state index contributed by atoms with van der Waals surface area (Å²) in [5.41, 5.74) is 2.48. The smallest absolute Gasteiger partial charge is 0.332 e. The minimum absolute atomic E-state index is 0.167. The third kappa shape index (κ3) is 5.66. The lowest BCUT2D eigenvalue weighted by Gasteiger charge is -2.13. The first-order valence-electron chi connectivity index (χ1n) is 7.97. The Morgan fingerprint density at radius 1 is 1.00 bits per heavy atom. The van der Waals surface area contributed by atoms with Crippen molar-refractivity contribution in [1.82, 2.24) is 4.98 Å². The average molecular weight is 457 g/mol. The normalized spacial score (nSPS) is 11.0. The third-order valence-electron chi connectivity index (χ3n) is 3.60. The Labute approximate surface area is 177 Å². The SMILES string of the molecule is O=C(Nc1ccc(NC(=S)Nc2ccc(C(F)(F)F)c(Cl)c2)cc1)c1cscn1. The van der Waals surface area contributed by atoms with Crippen molar-refractivity contribution in [2.75, 3.05) is 16.0 Å². The van der Waals surface area contributed by atoms with Crippen LogP contribution in [0.5, 0.6) is 0 Å². The monoisotopic (exact) mass is 456 g/mol. The number of thiocarbonyl (C=S) groups is 1. The highest BCUT2D eigenvalue weighted by molar-refractivity contribution is 7.80. The van der Waals surface area contributed by atoms with Gasteiger partial charge in [0.15, 0.2) is 5.11 Å². The molecular formula is C18H12ClF3N4OS2. The number of alkyl halides is 3. The van der Waals surface area contributed by atoms with Crippen LogP contribution in [0.1, 0.15) is 16.1 Å². The number of nitrogens with zero attached hydrogens (tertiary/aromatic N) is 1. The van der Waals surface area contributed by atoms with Gasteiger partial charge in [-0.3, -0.25) is 4.79 Å². The van der Waals surface area contributed by atoms with Crippen LogP contribution in [0.4, 0.5) is 30.2 Å². The molecular weight excluding hydrogens is 445 g/mol. The molecule has 0 saturated carbocycles. The number of anilines is 3. The zero-order valence-corrected chi connectivity index (χ0v) is 16.8. The van der Waals surface area contributed by atoms with Crippen molar-refractivity contribution in [3.63, 3.8) is 0 Å². The predicted octanol–water partition coefficient (Wildman–Crippen LogP) is 5.88. The second-order valence-electron chi connectivity index (χ2n) is 5.68. The molecule has 150 valence electrons. The van der Waals surface area contributed by atoms with Crippen LogP contribution in [0.2, 0.25) is 5.02 Å². The highest BCUT2D eigenvalue weighted by Crippen LogP contribution is 2.35. The Bertz CT molecular complexity index is 1020. The van der Waals surface area contributed by atoms with Gasteiger partial charge in [-0.1, -0.05) is 11.6 Å². The first-order chi connectivity index (χ1) is 13.7. The maximum absolute atomic E-state index is 12.7. The van der Waals surface area contributed by atoms with Crippen LogP contribution in [0.25, 0.3) is 0 Å². The predicted molar refractivity (Wildman–Crippen MR) is 113 cm³/mol. The first-order valence-corrected chi connectivity index (χ1v) is 9.69. The molecule has 29 heavy (non-hydrogen) atoms. The lowest BCUT2D eigenvalue weighted by molar-refractivity contribution is -0.137. The van der Waals surface area contributed by atoms with E-state index in [1.807, 2.05) is 0 Å². The van der Waals surface area contributed by atoms with Gasteiger partial charge in [0.25, 0.3) is 5.91 Å². The summed E-state index contributed by atoms with van der Waals surface area (Å²) >= 11 is 12.2. The van der Waals surface area contributed by atoms with Crippen LogP contribution >= 0.6 is 35.2 Å². The lowest BCUT2D eigenvalue weighted by atomic mass is 10.2. The van der Waals surface area contributed by atoms with E-state index < -0.39 is 16.8 Å². The maximum Gasteiger partial charge on any atom is 0.417 e. The maximum atomic E-state index is 12.7. The molecule has 2 aromatic carbocycles. The van der Waals surface area contributed by atoms with Crippen LogP contribution in [0.15, 0.2) is 53.4 Å². The van der Waals surface area contributed by atoms with Crippen molar-refractivity contribution in [2.24, 2.45) is 0 Å².